The summed E-state index contributed by atoms with van der Waals surface area (Å²) < 4.78 is 0. The highest BCUT2D eigenvalue weighted by Crippen LogP contribution is 2.33. The van der Waals surface area contributed by atoms with E-state index in [0.717, 1.165) is 42.5 Å². The van der Waals surface area contributed by atoms with Gasteiger partial charge in [0.1, 0.15) is 11.6 Å². The number of aromatic nitrogens is 1. The monoisotopic (exact) mass is 271 g/mol. The van der Waals surface area contributed by atoms with E-state index in [9.17, 15) is 5.11 Å². The van der Waals surface area contributed by atoms with E-state index in [1.54, 1.807) is 6.07 Å². The molecule has 1 unspecified atom stereocenters. The Morgan fingerprint density at radius 2 is 2.25 bits per heavy atom. The maximum atomic E-state index is 9.74. The molecular formula is C16H21N3O. The van der Waals surface area contributed by atoms with E-state index in [4.69, 9.17) is 5.73 Å². The molecule has 1 aromatic heterocycles. The predicted octanol–water partition coefficient (Wildman–Crippen LogP) is 2.65. The summed E-state index contributed by atoms with van der Waals surface area (Å²) in [6.07, 6.45) is 6.43. The first kappa shape index (κ1) is 13.2. The molecule has 3 rings (SSSR count). The Bertz CT molecular complexity index is 599. The van der Waals surface area contributed by atoms with E-state index in [1.165, 1.54) is 12.8 Å². The minimum Gasteiger partial charge on any atom is -0.508 e. The number of fused-ring (bicyclic) bond motifs is 1. The number of phenols is 1. The molecule has 0 radical (unpaired) electrons. The van der Waals surface area contributed by atoms with Gasteiger partial charge >= 0.3 is 0 Å². The number of aromatic hydroxyl groups is 1. The first-order chi connectivity index (χ1) is 9.79. The van der Waals surface area contributed by atoms with Crippen LogP contribution in [0.1, 0.15) is 25.7 Å². The lowest BCUT2D eigenvalue weighted by molar-refractivity contribution is 0.476. The average Bonchev–Trinajstić information content (AvgIpc) is 2.92. The van der Waals surface area contributed by atoms with Gasteiger partial charge in [-0.3, -0.25) is 0 Å². The van der Waals surface area contributed by atoms with Crippen molar-refractivity contribution in [2.24, 2.45) is 5.73 Å². The smallest absolute Gasteiger partial charge is 0.136 e. The lowest BCUT2D eigenvalue weighted by atomic mass is 10.1. The molecular weight excluding hydrogens is 250 g/mol. The molecule has 0 aliphatic carbocycles. The zero-order valence-corrected chi connectivity index (χ0v) is 11.6. The summed E-state index contributed by atoms with van der Waals surface area (Å²) in [5, 5.41) is 11.9. The molecule has 0 saturated carbocycles. The van der Waals surface area contributed by atoms with Crippen molar-refractivity contribution in [1.29, 1.82) is 0 Å². The third-order valence-electron chi connectivity index (χ3n) is 4.12. The third-order valence-corrected chi connectivity index (χ3v) is 4.12. The van der Waals surface area contributed by atoms with Gasteiger partial charge in [0.25, 0.3) is 0 Å². The van der Waals surface area contributed by atoms with Crippen molar-refractivity contribution in [3.63, 3.8) is 0 Å². The van der Waals surface area contributed by atoms with Gasteiger partial charge in [-0.15, -0.1) is 0 Å². The zero-order chi connectivity index (χ0) is 13.9. The molecule has 1 aromatic carbocycles. The fourth-order valence-electron chi connectivity index (χ4n) is 3.14. The van der Waals surface area contributed by atoms with Gasteiger partial charge in [-0.05, 0) is 55.8 Å². The Labute approximate surface area is 119 Å². The number of rotatable bonds is 4. The highest BCUT2D eigenvalue weighted by Gasteiger charge is 2.26. The van der Waals surface area contributed by atoms with Crippen LogP contribution in [0.4, 0.5) is 5.82 Å². The first-order valence-corrected chi connectivity index (χ1v) is 7.34. The van der Waals surface area contributed by atoms with E-state index < -0.39 is 0 Å². The molecule has 0 spiro atoms. The standard InChI is InChI=1S/C16H21N3O/c17-8-1-3-13-4-2-10-19(13)16-15-11-14(20)6-5-12(15)7-9-18-16/h5-7,9,11,13,20H,1-4,8,10,17H2. The topological polar surface area (TPSA) is 62.4 Å². The second kappa shape index (κ2) is 5.67. The minimum atomic E-state index is 0.296. The molecule has 1 aliphatic rings. The number of phenolic OH excluding ortho intramolecular Hbond substituents is 1. The molecule has 4 heteroatoms. The van der Waals surface area contributed by atoms with Crippen LogP contribution in [0, 0.1) is 0 Å². The summed E-state index contributed by atoms with van der Waals surface area (Å²) in [6.45, 7) is 1.78. The second-order valence-corrected chi connectivity index (χ2v) is 5.46. The minimum absolute atomic E-state index is 0.296. The quantitative estimate of drug-likeness (QED) is 0.897. The van der Waals surface area contributed by atoms with Crippen molar-refractivity contribution >= 4 is 16.6 Å². The van der Waals surface area contributed by atoms with E-state index in [1.807, 2.05) is 24.4 Å². The number of hydrogen-bond acceptors (Lipinski definition) is 4. The molecule has 0 amide bonds. The molecule has 2 aromatic rings. The predicted molar refractivity (Wildman–Crippen MR) is 82.1 cm³/mol. The third kappa shape index (κ3) is 2.43. The molecule has 4 nitrogen and oxygen atoms in total. The fourth-order valence-corrected chi connectivity index (χ4v) is 3.14. The molecule has 1 saturated heterocycles. The van der Waals surface area contributed by atoms with E-state index in [-0.39, 0.29) is 0 Å². The van der Waals surface area contributed by atoms with Gasteiger partial charge < -0.3 is 15.7 Å². The summed E-state index contributed by atoms with van der Waals surface area (Å²) in [5.74, 6) is 1.29. The Balaban J connectivity index is 1.98. The summed E-state index contributed by atoms with van der Waals surface area (Å²) in [7, 11) is 0. The molecule has 106 valence electrons. The number of nitrogens with two attached hydrogens (primary N) is 1. The molecule has 2 heterocycles. The average molecular weight is 271 g/mol. The summed E-state index contributed by atoms with van der Waals surface area (Å²) in [6, 6.07) is 8.00. The summed E-state index contributed by atoms with van der Waals surface area (Å²) >= 11 is 0. The van der Waals surface area contributed by atoms with Crippen molar-refractivity contribution in [1.82, 2.24) is 4.98 Å². The van der Waals surface area contributed by atoms with Gasteiger partial charge in [-0.2, -0.15) is 0 Å². The van der Waals surface area contributed by atoms with Gasteiger partial charge in [0.05, 0.1) is 0 Å². The Morgan fingerprint density at radius 1 is 1.35 bits per heavy atom. The Hall–Kier alpha value is -1.81. The highest BCUT2D eigenvalue weighted by atomic mass is 16.3. The van der Waals surface area contributed by atoms with Gasteiger partial charge in [0.15, 0.2) is 0 Å². The van der Waals surface area contributed by atoms with Crippen LogP contribution in [0.2, 0.25) is 0 Å². The van der Waals surface area contributed by atoms with Crippen molar-refractivity contribution < 1.29 is 5.11 Å². The van der Waals surface area contributed by atoms with E-state index >= 15 is 0 Å². The highest BCUT2D eigenvalue weighted by molar-refractivity contribution is 5.93. The lowest BCUT2D eigenvalue weighted by Crippen LogP contribution is -2.30. The van der Waals surface area contributed by atoms with Crippen molar-refractivity contribution in [3.8, 4) is 5.75 Å². The maximum Gasteiger partial charge on any atom is 0.136 e. The van der Waals surface area contributed by atoms with Crippen molar-refractivity contribution in [2.75, 3.05) is 18.0 Å². The normalized spacial score (nSPS) is 18.9. The van der Waals surface area contributed by atoms with Crippen LogP contribution in [0.25, 0.3) is 10.8 Å². The van der Waals surface area contributed by atoms with Crippen molar-refractivity contribution in [3.05, 3.63) is 30.5 Å². The van der Waals surface area contributed by atoms with Gasteiger partial charge in [-0.25, -0.2) is 4.98 Å². The lowest BCUT2D eigenvalue weighted by Gasteiger charge is -2.26. The molecule has 1 fully saturated rings. The largest absolute Gasteiger partial charge is 0.508 e. The van der Waals surface area contributed by atoms with Crippen LogP contribution in [0.5, 0.6) is 5.75 Å². The van der Waals surface area contributed by atoms with E-state index in [0.29, 0.717) is 11.8 Å². The summed E-state index contributed by atoms with van der Waals surface area (Å²) in [4.78, 5) is 6.96. The van der Waals surface area contributed by atoms with Gasteiger partial charge in [0, 0.05) is 24.2 Å². The van der Waals surface area contributed by atoms with Crippen LogP contribution in [-0.4, -0.2) is 29.2 Å². The molecule has 1 aliphatic heterocycles. The second-order valence-electron chi connectivity index (χ2n) is 5.46. The van der Waals surface area contributed by atoms with Crippen LogP contribution >= 0.6 is 0 Å². The Kier molecular flexibility index (Phi) is 3.74. The van der Waals surface area contributed by atoms with Crippen LogP contribution < -0.4 is 10.6 Å². The number of hydrogen-bond donors (Lipinski definition) is 2. The van der Waals surface area contributed by atoms with Crippen molar-refractivity contribution in [2.45, 2.75) is 31.7 Å². The molecule has 1 atom stereocenters. The van der Waals surface area contributed by atoms with Gasteiger partial charge in [0.2, 0.25) is 0 Å². The molecule has 3 N–H and O–H groups in total. The number of nitrogens with zero attached hydrogens (tertiary/aromatic N) is 2. The van der Waals surface area contributed by atoms with Crippen LogP contribution in [0.3, 0.4) is 0 Å². The summed E-state index contributed by atoms with van der Waals surface area (Å²) in [5.41, 5.74) is 5.63. The molecule has 0 bridgehead atoms. The number of benzene rings is 1. The van der Waals surface area contributed by atoms with Gasteiger partial charge in [-0.1, -0.05) is 6.07 Å². The van der Waals surface area contributed by atoms with Crippen LogP contribution in [0.15, 0.2) is 30.5 Å². The Morgan fingerprint density at radius 3 is 3.10 bits per heavy atom. The van der Waals surface area contributed by atoms with Crippen LogP contribution in [-0.2, 0) is 0 Å². The number of anilines is 1. The fraction of sp³-hybridized carbons (Fsp3) is 0.438. The first-order valence-electron chi connectivity index (χ1n) is 7.34. The number of pyridine rings is 1. The van der Waals surface area contributed by atoms with E-state index in [2.05, 4.69) is 9.88 Å². The SMILES string of the molecule is NCCCC1CCCN1c1nccc2ccc(O)cc12. The zero-order valence-electron chi connectivity index (χ0n) is 11.6. The maximum absolute atomic E-state index is 9.74. The molecule has 20 heavy (non-hydrogen) atoms.